The van der Waals surface area contributed by atoms with Crippen LogP contribution in [0.3, 0.4) is 0 Å². The summed E-state index contributed by atoms with van der Waals surface area (Å²) in [6, 6.07) is 14.4. The highest BCUT2D eigenvalue weighted by Gasteiger charge is 2.43. The van der Waals surface area contributed by atoms with Crippen molar-refractivity contribution >= 4 is 17.8 Å². The summed E-state index contributed by atoms with van der Waals surface area (Å²) in [6.07, 6.45) is 4.22. The Bertz CT molecular complexity index is 770. The van der Waals surface area contributed by atoms with Gasteiger partial charge in [0.25, 0.3) is 5.69 Å². The van der Waals surface area contributed by atoms with Crippen LogP contribution in [0.15, 0.2) is 48.5 Å². The Morgan fingerprint density at radius 2 is 1.84 bits per heavy atom. The van der Waals surface area contributed by atoms with Crippen LogP contribution in [0.1, 0.15) is 31.2 Å². The fraction of sp³-hybridized carbons (Fsp3) is 0.316. The van der Waals surface area contributed by atoms with Crippen molar-refractivity contribution in [2.45, 2.75) is 31.2 Å². The van der Waals surface area contributed by atoms with Gasteiger partial charge in [-0.2, -0.15) is 0 Å². The molecule has 0 heterocycles. The molecule has 0 spiro atoms. The molecule has 2 aromatic rings. The van der Waals surface area contributed by atoms with Gasteiger partial charge in [0.15, 0.2) is 0 Å². The third kappa shape index (κ3) is 2.95. The summed E-state index contributed by atoms with van der Waals surface area (Å²) in [5.74, 6) is 0.390. The van der Waals surface area contributed by atoms with Gasteiger partial charge in [-0.1, -0.05) is 43.2 Å². The lowest BCUT2D eigenvalue weighted by Crippen LogP contribution is -2.44. The van der Waals surface area contributed by atoms with E-state index >= 15 is 0 Å². The van der Waals surface area contributed by atoms with E-state index in [1.165, 1.54) is 18.1 Å². The lowest BCUT2D eigenvalue weighted by atomic mass is 9.86. The van der Waals surface area contributed by atoms with Gasteiger partial charge < -0.3 is 4.74 Å². The third-order valence-electron chi connectivity index (χ3n) is 4.95. The van der Waals surface area contributed by atoms with Crippen molar-refractivity contribution in [3.05, 3.63) is 64.2 Å². The van der Waals surface area contributed by atoms with E-state index in [2.05, 4.69) is 0 Å². The molecule has 2 aromatic carbocycles. The lowest BCUT2D eigenvalue weighted by Gasteiger charge is -2.39. The molecule has 0 bridgehead atoms. The van der Waals surface area contributed by atoms with Crippen molar-refractivity contribution in [3.8, 4) is 5.75 Å². The van der Waals surface area contributed by atoms with Gasteiger partial charge >= 0.3 is 0 Å². The molecule has 1 amide bonds. The number of hydrogen-bond acceptors (Lipinski definition) is 4. The molecule has 0 radical (unpaired) electrons. The van der Waals surface area contributed by atoms with Crippen molar-refractivity contribution in [2.75, 3.05) is 12.0 Å². The minimum Gasteiger partial charge on any atom is -0.496 e. The van der Waals surface area contributed by atoms with E-state index in [-0.39, 0.29) is 5.69 Å². The molecule has 0 unspecified atom stereocenters. The van der Waals surface area contributed by atoms with Crippen LogP contribution in [0.2, 0.25) is 0 Å². The molecule has 1 saturated carbocycles. The number of carbonyl (C=O) groups is 1. The minimum absolute atomic E-state index is 0.131. The fourth-order valence-corrected chi connectivity index (χ4v) is 3.75. The van der Waals surface area contributed by atoms with Crippen LogP contribution >= 0.6 is 0 Å². The van der Waals surface area contributed by atoms with E-state index in [9.17, 15) is 14.9 Å². The van der Waals surface area contributed by atoms with Gasteiger partial charge in [-0.05, 0) is 30.5 Å². The Hall–Kier alpha value is -2.89. The SMILES string of the molecule is COc1ccc(N(C=O)C2(c3ccccc3)CCCC2)c([N+](=O)[O-])c1. The Morgan fingerprint density at radius 3 is 2.40 bits per heavy atom. The van der Waals surface area contributed by atoms with Crippen molar-refractivity contribution in [2.24, 2.45) is 0 Å². The van der Waals surface area contributed by atoms with Crippen LogP contribution in [0.5, 0.6) is 5.75 Å². The van der Waals surface area contributed by atoms with Crippen LogP contribution in [0.4, 0.5) is 11.4 Å². The molecule has 130 valence electrons. The normalized spacial score (nSPS) is 15.6. The second-order valence-corrected chi connectivity index (χ2v) is 6.19. The highest BCUT2D eigenvalue weighted by molar-refractivity contribution is 5.84. The molecule has 1 aliphatic carbocycles. The zero-order chi connectivity index (χ0) is 17.9. The van der Waals surface area contributed by atoms with Gasteiger partial charge in [-0.3, -0.25) is 19.8 Å². The molecule has 6 heteroatoms. The van der Waals surface area contributed by atoms with E-state index in [4.69, 9.17) is 4.74 Å². The molecule has 0 N–H and O–H groups in total. The molecule has 3 rings (SSSR count). The number of nitro groups is 1. The molecular formula is C19H20N2O4. The molecular weight excluding hydrogens is 320 g/mol. The van der Waals surface area contributed by atoms with E-state index in [1.54, 1.807) is 12.1 Å². The minimum atomic E-state index is -0.553. The van der Waals surface area contributed by atoms with Gasteiger partial charge in [-0.25, -0.2) is 0 Å². The van der Waals surface area contributed by atoms with Crippen LogP contribution < -0.4 is 9.64 Å². The third-order valence-corrected chi connectivity index (χ3v) is 4.95. The second kappa shape index (κ2) is 6.93. The van der Waals surface area contributed by atoms with E-state index in [0.717, 1.165) is 31.2 Å². The summed E-state index contributed by atoms with van der Waals surface area (Å²) in [5.41, 5.74) is 0.618. The monoisotopic (exact) mass is 340 g/mol. The first-order valence-electron chi connectivity index (χ1n) is 8.25. The summed E-state index contributed by atoms with van der Waals surface area (Å²) in [7, 11) is 1.46. The quantitative estimate of drug-likeness (QED) is 0.452. The van der Waals surface area contributed by atoms with Gasteiger partial charge in [0, 0.05) is 0 Å². The molecule has 1 fully saturated rings. The number of benzene rings is 2. The van der Waals surface area contributed by atoms with Crippen molar-refractivity contribution < 1.29 is 14.5 Å². The number of carbonyl (C=O) groups excluding carboxylic acids is 1. The number of methoxy groups -OCH3 is 1. The van der Waals surface area contributed by atoms with Crippen LogP contribution in [-0.2, 0) is 10.3 Å². The molecule has 0 atom stereocenters. The maximum atomic E-state index is 12.1. The average molecular weight is 340 g/mol. The van der Waals surface area contributed by atoms with E-state index < -0.39 is 10.5 Å². The molecule has 25 heavy (non-hydrogen) atoms. The summed E-state index contributed by atoms with van der Waals surface area (Å²) >= 11 is 0. The topological polar surface area (TPSA) is 72.7 Å². The molecule has 6 nitrogen and oxygen atoms in total. The maximum Gasteiger partial charge on any atom is 0.296 e. The summed E-state index contributed by atoms with van der Waals surface area (Å²) < 4.78 is 5.10. The predicted molar refractivity (Wildman–Crippen MR) is 94.8 cm³/mol. The number of amides is 1. The molecule has 0 aromatic heterocycles. The summed E-state index contributed by atoms with van der Waals surface area (Å²) in [5, 5.41) is 11.6. The first-order chi connectivity index (χ1) is 12.1. The van der Waals surface area contributed by atoms with Gasteiger partial charge in [0.1, 0.15) is 11.4 Å². The number of ether oxygens (including phenoxy) is 1. The Morgan fingerprint density at radius 1 is 1.16 bits per heavy atom. The molecule has 1 aliphatic rings. The summed E-state index contributed by atoms with van der Waals surface area (Å²) in [4.78, 5) is 24.7. The van der Waals surface area contributed by atoms with Crippen molar-refractivity contribution in [1.82, 2.24) is 0 Å². The number of nitrogens with zero attached hydrogens (tertiary/aromatic N) is 2. The van der Waals surface area contributed by atoms with E-state index in [0.29, 0.717) is 17.8 Å². The maximum absolute atomic E-state index is 12.1. The van der Waals surface area contributed by atoms with Gasteiger partial charge in [-0.15, -0.1) is 0 Å². The Kier molecular flexibility index (Phi) is 4.70. The largest absolute Gasteiger partial charge is 0.496 e. The lowest BCUT2D eigenvalue weighted by molar-refractivity contribution is -0.384. The average Bonchev–Trinajstić information content (AvgIpc) is 3.14. The smallest absolute Gasteiger partial charge is 0.296 e. The highest BCUT2D eigenvalue weighted by Crippen LogP contribution is 2.47. The zero-order valence-corrected chi connectivity index (χ0v) is 14.1. The Labute approximate surface area is 146 Å². The van der Waals surface area contributed by atoms with Crippen LogP contribution in [-0.4, -0.2) is 18.4 Å². The van der Waals surface area contributed by atoms with Crippen LogP contribution in [0, 0.1) is 10.1 Å². The summed E-state index contributed by atoms with van der Waals surface area (Å²) in [6.45, 7) is 0. The van der Waals surface area contributed by atoms with Gasteiger partial charge in [0.2, 0.25) is 6.41 Å². The number of hydrogen-bond donors (Lipinski definition) is 0. The second-order valence-electron chi connectivity index (χ2n) is 6.19. The van der Waals surface area contributed by atoms with E-state index in [1.807, 2.05) is 30.3 Å². The first-order valence-corrected chi connectivity index (χ1v) is 8.25. The number of nitro benzene ring substituents is 1. The predicted octanol–water partition coefficient (Wildman–Crippen LogP) is 4.04. The zero-order valence-electron chi connectivity index (χ0n) is 14.1. The van der Waals surface area contributed by atoms with Crippen molar-refractivity contribution in [1.29, 1.82) is 0 Å². The standard InChI is InChI=1S/C19H20N2O4/c1-25-16-9-10-17(18(13-16)21(23)24)20(14-22)19(11-5-6-12-19)15-7-3-2-4-8-15/h2-4,7-10,13-14H,5-6,11-12H2,1H3. The van der Waals surface area contributed by atoms with Crippen molar-refractivity contribution in [3.63, 3.8) is 0 Å². The van der Waals surface area contributed by atoms with Crippen LogP contribution in [0.25, 0.3) is 0 Å². The fourth-order valence-electron chi connectivity index (χ4n) is 3.75. The molecule has 0 saturated heterocycles. The molecule has 0 aliphatic heterocycles. The number of anilines is 1. The Balaban J connectivity index is 2.16. The van der Waals surface area contributed by atoms with Gasteiger partial charge in [0.05, 0.1) is 23.6 Å². The number of rotatable bonds is 6. The highest BCUT2D eigenvalue weighted by atomic mass is 16.6. The first kappa shape index (κ1) is 17.0.